The van der Waals surface area contributed by atoms with E-state index in [4.69, 9.17) is 23.1 Å². The number of hydrogen-bond acceptors (Lipinski definition) is 3. The van der Waals surface area contributed by atoms with Crippen LogP contribution in [0.2, 0.25) is 5.15 Å². The molecule has 0 aliphatic heterocycles. The Hall–Kier alpha value is -1.73. The second-order valence-corrected chi connectivity index (χ2v) is 2.57. The number of primary amides is 1. The summed E-state index contributed by atoms with van der Waals surface area (Å²) in [7, 11) is 0. The summed E-state index contributed by atoms with van der Waals surface area (Å²) in [5.74, 6) is 3.79. The molecular formula is C8H6ClN3O. The van der Waals surface area contributed by atoms with Crippen LogP contribution in [0.3, 0.4) is 0 Å². The standard InChI is InChI=1S/C8H6ClN3O/c9-7-3-1-5(10)6(12-7)2-4-8(11)13/h1,3H,10H2,(H2,11,13). The fourth-order valence-electron chi connectivity index (χ4n) is 0.667. The van der Waals surface area contributed by atoms with Gasteiger partial charge in [0.2, 0.25) is 0 Å². The molecule has 0 aliphatic rings. The molecule has 0 aliphatic carbocycles. The number of anilines is 1. The molecule has 66 valence electrons. The predicted octanol–water partition coefficient (Wildman–Crippen LogP) is 0.154. The number of halogens is 1. The molecule has 4 nitrogen and oxygen atoms in total. The van der Waals surface area contributed by atoms with Gasteiger partial charge in [-0.05, 0) is 18.1 Å². The van der Waals surface area contributed by atoms with Crippen LogP contribution in [0.25, 0.3) is 0 Å². The second kappa shape index (κ2) is 3.78. The van der Waals surface area contributed by atoms with Gasteiger partial charge in [0.05, 0.1) is 5.69 Å². The molecule has 0 fully saturated rings. The maximum Gasteiger partial charge on any atom is 0.293 e. The smallest absolute Gasteiger partial charge is 0.293 e. The van der Waals surface area contributed by atoms with Crippen LogP contribution in [-0.2, 0) is 4.79 Å². The van der Waals surface area contributed by atoms with Gasteiger partial charge in [0, 0.05) is 5.92 Å². The van der Waals surface area contributed by atoms with Crippen LogP contribution in [0.15, 0.2) is 12.1 Å². The Balaban J connectivity index is 3.09. The fourth-order valence-corrected chi connectivity index (χ4v) is 0.815. The third-order valence-corrected chi connectivity index (χ3v) is 1.41. The van der Waals surface area contributed by atoms with Gasteiger partial charge in [0.1, 0.15) is 10.8 Å². The number of aromatic nitrogens is 1. The van der Waals surface area contributed by atoms with Crippen LogP contribution in [0.5, 0.6) is 0 Å². The molecule has 0 aromatic carbocycles. The van der Waals surface area contributed by atoms with Crippen molar-refractivity contribution in [2.45, 2.75) is 0 Å². The summed E-state index contributed by atoms with van der Waals surface area (Å²) in [5.41, 5.74) is 10.9. The summed E-state index contributed by atoms with van der Waals surface area (Å²) in [6.45, 7) is 0. The van der Waals surface area contributed by atoms with Crippen molar-refractivity contribution in [3.8, 4) is 11.8 Å². The maximum absolute atomic E-state index is 10.3. The zero-order chi connectivity index (χ0) is 9.84. The van der Waals surface area contributed by atoms with Gasteiger partial charge in [0.25, 0.3) is 5.91 Å². The van der Waals surface area contributed by atoms with Crippen molar-refractivity contribution in [2.75, 3.05) is 5.73 Å². The molecule has 1 aromatic heterocycles. The fraction of sp³-hybridized carbons (Fsp3) is 0. The molecule has 4 N–H and O–H groups in total. The summed E-state index contributed by atoms with van der Waals surface area (Å²) in [4.78, 5) is 14.1. The SMILES string of the molecule is NC(=O)C#Cc1nc(Cl)ccc1N. The number of carbonyl (C=O) groups is 1. The van der Waals surface area contributed by atoms with Crippen LogP contribution >= 0.6 is 11.6 Å². The van der Waals surface area contributed by atoms with Crippen LogP contribution in [-0.4, -0.2) is 10.9 Å². The lowest BCUT2D eigenvalue weighted by atomic mass is 10.3. The van der Waals surface area contributed by atoms with Crippen LogP contribution in [0.4, 0.5) is 5.69 Å². The Morgan fingerprint density at radius 2 is 2.23 bits per heavy atom. The topological polar surface area (TPSA) is 82.0 Å². The zero-order valence-corrected chi connectivity index (χ0v) is 7.30. The Bertz CT molecular complexity index is 406. The van der Waals surface area contributed by atoms with E-state index in [2.05, 4.69) is 16.8 Å². The van der Waals surface area contributed by atoms with E-state index in [0.717, 1.165) is 0 Å². The number of nitrogens with two attached hydrogens (primary N) is 2. The molecular weight excluding hydrogens is 190 g/mol. The third-order valence-electron chi connectivity index (χ3n) is 1.20. The highest BCUT2D eigenvalue weighted by Gasteiger charge is 1.97. The molecule has 1 amide bonds. The molecule has 1 rings (SSSR count). The lowest BCUT2D eigenvalue weighted by Crippen LogP contribution is -2.06. The third kappa shape index (κ3) is 2.65. The van der Waals surface area contributed by atoms with Crippen LogP contribution < -0.4 is 11.5 Å². The summed E-state index contributed by atoms with van der Waals surface area (Å²) in [5, 5.41) is 0.267. The average molecular weight is 196 g/mol. The molecule has 0 unspecified atom stereocenters. The van der Waals surface area contributed by atoms with Gasteiger partial charge in [-0.15, -0.1) is 0 Å². The first-order valence-corrected chi connectivity index (χ1v) is 3.71. The van der Waals surface area contributed by atoms with Gasteiger partial charge in [0.15, 0.2) is 0 Å². The molecule has 1 aromatic rings. The average Bonchev–Trinajstić information content (AvgIpc) is 2.06. The Kier molecular flexibility index (Phi) is 2.72. The molecule has 0 saturated carbocycles. The highest BCUT2D eigenvalue weighted by molar-refractivity contribution is 6.29. The maximum atomic E-state index is 10.3. The molecule has 0 saturated heterocycles. The monoisotopic (exact) mass is 195 g/mol. The van der Waals surface area contributed by atoms with Gasteiger partial charge in [-0.2, -0.15) is 0 Å². The minimum absolute atomic E-state index is 0.256. The number of nitrogens with zero attached hydrogens (tertiary/aromatic N) is 1. The number of rotatable bonds is 0. The molecule has 0 atom stereocenters. The Morgan fingerprint density at radius 3 is 2.85 bits per heavy atom. The first kappa shape index (κ1) is 9.36. The van der Waals surface area contributed by atoms with Crippen molar-refractivity contribution in [1.29, 1.82) is 0 Å². The highest BCUT2D eigenvalue weighted by atomic mass is 35.5. The summed E-state index contributed by atoms with van der Waals surface area (Å²) in [6.07, 6.45) is 0. The van der Waals surface area contributed by atoms with Gasteiger partial charge in [-0.25, -0.2) is 4.98 Å². The molecule has 0 radical (unpaired) electrons. The summed E-state index contributed by atoms with van der Waals surface area (Å²) in [6, 6.07) is 3.09. The molecule has 13 heavy (non-hydrogen) atoms. The first-order chi connectivity index (χ1) is 6.09. The largest absolute Gasteiger partial charge is 0.396 e. The van der Waals surface area contributed by atoms with Crippen molar-refractivity contribution < 1.29 is 4.79 Å². The van der Waals surface area contributed by atoms with Crippen molar-refractivity contribution in [1.82, 2.24) is 4.98 Å². The van der Waals surface area contributed by atoms with E-state index in [1.54, 1.807) is 6.07 Å². The van der Waals surface area contributed by atoms with E-state index in [1.807, 2.05) is 0 Å². The van der Waals surface area contributed by atoms with Gasteiger partial charge >= 0.3 is 0 Å². The van der Waals surface area contributed by atoms with Crippen molar-refractivity contribution in [3.63, 3.8) is 0 Å². The summed E-state index contributed by atoms with van der Waals surface area (Å²) < 4.78 is 0. The normalized spacial score (nSPS) is 8.69. The highest BCUT2D eigenvalue weighted by Crippen LogP contribution is 2.11. The number of nitrogen functional groups attached to an aromatic ring is 1. The van der Waals surface area contributed by atoms with E-state index >= 15 is 0 Å². The number of pyridine rings is 1. The molecule has 5 heteroatoms. The second-order valence-electron chi connectivity index (χ2n) is 2.19. The Labute approximate surface area is 79.9 Å². The minimum atomic E-state index is -0.735. The number of carbonyl (C=O) groups excluding carboxylic acids is 1. The van der Waals surface area contributed by atoms with E-state index in [1.165, 1.54) is 6.07 Å². The van der Waals surface area contributed by atoms with Gasteiger partial charge in [-0.1, -0.05) is 11.6 Å². The molecule has 1 heterocycles. The van der Waals surface area contributed by atoms with Crippen molar-refractivity contribution in [3.05, 3.63) is 23.0 Å². The van der Waals surface area contributed by atoms with Gasteiger partial charge in [-0.3, -0.25) is 4.79 Å². The minimum Gasteiger partial charge on any atom is -0.396 e. The van der Waals surface area contributed by atoms with Crippen molar-refractivity contribution >= 4 is 23.2 Å². The number of amides is 1. The quantitative estimate of drug-likeness (QED) is 0.457. The lowest BCUT2D eigenvalue weighted by Gasteiger charge is -1.95. The molecule has 0 spiro atoms. The van der Waals surface area contributed by atoms with Crippen LogP contribution in [0, 0.1) is 11.8 Å². The van der Waals surface area contributed by atoms with E-state index in [9.17, 15) is 4.79 Å². The van der Waals surface area contributed by atoms with Crippen molar-refractivity contribution in [2.24, 2.45) is 5.73 Å². The summed E-state index contributed by atoms with van der Waals surface area (Å²) >= 11 is 5.58. The van der Waals surface area contributed by atoms with Crippen LogP contribution in [0.1, 0.15) is 5.69 Å². The van der Waals surface area contributed by atoms with E-state index in [0.29, 0.717) is 5.69 Å². The van der Waals surface area contributed by atoms with E-state index < -0.39 is 5.91 Å². The molecule has 0 bridgehead atoms. The first-order valence-electron chi connectivity index (χ1n) is 3.33. The van der Waals surface area contributed by atoms with Gasteiger partial charge < -0.3 is 11.5 Å². The van der Waals surface area contributed by atoms with E-state index in [-0.39, 0.29) is 10.8 Å². The zero-order valence-electron chi connectivity index (χ0n) is 6.54. The predicted molar refractivity (Wildman–Crippen MR) is 49.7 cm³/mol. The number of hydrogen-bond donors (Lipinski definition) is 2. The lowest BCUT2D eigenvalue weighted by molar-refractivity contribution is -0.112. The Morgan fingerprint density at radius 1 is 1.54 bits per heavy atom.